The number of hydrogen-bond donors (Lipinski definition) is 0. The van der Waals surface area contributed by atoms with Crippen LogP contribution in [0.3, 0.4) is 0 Å². The molecule has 0 saturated carbocycles. The van der Waals surface area contributed by atoms with Crippen molar-refractivity contribution in [1.82, 2.24) is 0 Å². The lowest BCUT2D eigenvalue weighted by atomic mass is 10.1. The zero-order chi connectivity index (χ0) is 15.9. The summed E-state index contributed by atoms with van der Waals surface area (Å²) in [5.41, 5.74) is 4.71. The van der Waals surface area contributed by atoms with Gasteiger partial charge in [-0.2, -0.15) is 5.26 Å². The van der Waals surface area contributed by atoms with E-state index in [1.165, 1.54) is 6.08 Å². The highest BCUT2D eigenvalue weighted by molar-refractivity contribution is 5.87. The van der Waals surface area contributed by atoms with E-state index in [1.54, 1.807) is 30.3 Å². The fourth-order valence-electron chi connectivity index (χ4n) is 1.99. The molecule has 0 atom stereocenters. The molecule has 2 rings (SSSR count). The van der Waals surface area contributed by atoms with Gasteiger partial charge in [-0.15, -0.1) is 0 Å². The third-order valence-electron chi connectivity index (χ3n) is 3.33. The molecule has 2 aromatic carbocycles. The number of nitrogens with zero attached hydrogens (tertiary/aromatic N) is 1. The molecule has 3 heteroatoms. The molecule has 0 unspecified atom stereocenters. The first kappa shape index (κ1) is 15.5. The van der Waals surface area contributed by atoms with Crippen molar-refractivity contribution in [2.24, 2.45) is 0 Å². The topological polar surface area (TPSA) is 50.1 Å². The number of rotatable bonds is 4. The summed E-state index contributed by atoms with van der Waals surface area (Å²) in [6.45, 7) is 4.27. The Labute approximate surface area is 130 Å². The summed E-state index contributed by atoms with van der Waals surface area (Å²) in [4.78, 5) is 11.7. The highest BCUT2D eigenvalue weighted by atomic mass is 16.5. The van der Waals surface area contributed by atoms with Gasteiger partial charge in [0.25, 0.3) is 0 Å². The van der Waals surface area contributed by atoms with Gasteiger partial charge in [-0.1, -0.05) is 35.9 Å². The van der Waals surface area contributed by atoms with Crippen LogP contribution in [0.5, 0.6) is 0 Å². The Hall–Kier alpha value is -2.86. The summed E-state index contributed by atoms with van der Waals surface area (Å²) in [5.74, 6) is -0.384. The van der Waals surface area contributed by atoms with Crippen molar-refractivity contribution in [2.75, 3.05) is 0 Å². The molecule has 0 N–H and O–H groups in total. The normalized spacial score (nSPS) is 10.4. The van der Waals surface area contributed by atoms with Gasteiger partial charge in [-0.3, -0.25) is 0 Å². The molecule has 0 saturated heterocycles. The standard InChI is InChI=1S/C19H17NO2/c1-14-3-4-15(2)18(11-14)13-22-19(21)10-9-16-5-7-17(12-20)8-6-16/h3-11H,13H2,1-2H3/b10-9+. The number of carbonyl (C=O) groups excluding carboxylic acids is 1. The minimum absolute atomic E-state index is 0.268. The van der Waals surface area contributed by atoms with Gasteiger partial charge in [-0.25, -0.2) is 4.79 Å². The van der Waals surface area contributed by atoms with Crippen LogP contribution >= 0.6 is 0 Å². The third-order valence-corrected chi connectivity index (χ3v) is 3.33. The Kier molecular flexibility index (Phi) is 5.11. The number of nitriles is 1. The van der Waals surface area contributed by atoms with Crippen LogP contribution < -0.4 is 0 Å². The number of carbonyl (C=O) groups is 1. The van der Waals surface area contributed by atoms with Crippen molar-refractivity contribution in [3.05, 3.63) is 76.4 Å². The van der Waals surface area contributed by atoms with Crippen LogP contribution in [0.4, 0.5) is 0 Å². The third kappa shape index (κ3) is 4.32. The number of hydrogen-bond acceptors (Lipinski definition) is 3. The Morgan fingerprint density at radius 1 is 1.18 bits per heavy atom. The number of benzene rings is 2. The lowest BCUT2D eigenvalue weighted by Crippen LogP contribution is -2.02. The highest BCUT2D eigenvalue weighted by Gasteiger charge is 2.02. The lowest BCUT2D eigenvalue weighted by molar-refractivity contribution is -0.138. The predicted octanol–water partition coefficient (Wildman–Crippen LogP) is 3.93. The van der Waals surface area contributed by atoms with Gasteiger partial charge in [-0.05, 0) is 48.7 Å². The molecule has 0 aliphatic heterocycles. The molecule has 0 bridgehead atoms. The van der Waals surface area contributed by atoms with Crippen molar-refractivity contribution in [3.63, 3.8) is 0 Å². The van der Waals surface area contributed by atoms with Crippen molar-refractivity contribution in [1.29, 1.82) is 5.26 Å². The summed E-state index contributed by atoms with van der Waals surface area (Å²) in [6.07, 6.45) is 3.07. The quantitative estimate of drug-likeness (QED) is 0.633. The van der Waals surface area contributed by atoms with Crippen LogP contribution in [0.2, 0.25) is 0 Å². The van der Waals surface area contributed by atoms with Crippen molar-refractivity contribution < 1.29 is 9.53 Å². The van der Waals surface area contributed by atoms with Crippen molar-refractivity contribution >= 4 is 12.0 Å². The second-order valence-electron chi connectivity index (χ2n) is 5.10. The highest BCUT2D eigenvalue weighted by Crippen LogP contribution is 2.12. The SMILES string of the molecule is Cc1ccc(C)c(COC(=O)/C=C/c2ccc(C#N)cc2)c1. The molecular formula is C19H17NO2. The molecule has 0 radical (unpaired) electrons. The zero-order valence-corrected chi connectivity index (χ0v) is 12.7. The second kappa shape index (κ2) is 7.24. The Morgan fingerprint density at radius 3 is 2.59 bits per heavy atom. The van der Waals surface area contributed by atoms with E-state index in [4.69, 9.17) is 10.00 Å². The fourth-order valence-corrected chi connectivity index (χ4v) is 1.99. The zero-order valence-electron chi connectivity index (χ0n) is 12.7. The monoisotopic (exact) mass is 291 g/mol. The molecule has 2 aromatic rings. The van der Waals surface area contributed by atoms with Crippen molar-refractivity contribution in [2.45, 2.75) is 20.5 Å². The molecule has 0 aliphatic rings. The van der Waals surface area contributed by atoms with Gasteiger partial charge in [0.15, 0.2) is 0 Å². The maximum Gasteiger partial charge on any atom is 0.331 e. The summed E-state index contributed by atoms with van der Waals surface area (Å²) in [6, 6.07) is 15.1. The minimum atomic E-state index is -0.384. The van der Waals surface area contributed by atoms with E-state index < -0.39 is 0 Å². The molecule has 0 fully saturated rings. The van der Waals surface area contributed by atoms with E-state index in [-0.39, 0.29) is 12.6 Å². The summed E-state index contributed by atoms with van der Waals surface area (Å²) < 4.78 is 5.25. The molecule has 0 heterocycles. The van der Waals surface area contributed by atoms with Crippen molar-refractivity contribution in [3.8, 4) is 6.07 Å². The van der Waals surface area contributed by atoms with E-state index in [0.29, 0.717) is 5.56 Å². The van der Waals surface area contributed by atoms with E-state index in [2.05, 4.69) is 6.07 Å². The number of esters is 1. The van der Waals surface area contributed by atoms with Gasteiger partial charge < -0.3 is 4.74 Å². The largest absolute Gasteiger partial charge is 0.458 e. The molecule has 0 aromatic heterocycles. The minimum Gasteiger partial charge on any atom is -0.458 e. The van der Waals surface area contributed by atoms with Crippen LogP contribution in [-0.4, -0.2) is 5.97 Å². The average molecular weight is 291 g/mol. The maximum absolute atomic E-state index is 11.7. The predicted molar refractivity (Wildman–Crippen MR) is 85.9 cm³/mol. The fraction of sp³-hybridized carbons (Fsp3) is 0.158. The Bertz CT molecular complexity index is 737. The van der Waals surface area contributed by atoms with E-state index in [9.17, 15) is 4.79 Å². The van der Waals surface area contributed by atoms with Crippen LogP contribution in [0.1, 0.15) is 27.8 Å². The molecule has 110 valence electrons. The smallest absolute Gasteiger partial charge is 0.331 e. The molecule has 0 amide bonds. The average Bonchev–Trinajstić information content (AvgIpc) is 2.54. The molecule has 3 nitrogen and oxygen atoms in total. The first-order valence-electron chi connectivity index (χ1n) is 6.99. The van der Waals surface area contributed by atoms with Crippen LogP contribution in [-0.2, 0) is 16.1 Å². The maximum atomic E-state index is 11.7. The molecular weight excluding hydrogens is 274 g/mol. The summed E-state index contributed by atoms with van der Waals surface area (Å²) >= 11 is 0. The Morgan fingerprint density at radius 2 is 1.91 bits per heavy atom. The first-order valence-corrected chi connectivity index (χ1v) is 6.99. The summed E-state index contributed by atoms with van der Waals surface area (Å²) in [7, 11) is 0. The van der Waals surface area contributed by atoms with Crippen LogP contribution in [0.25, 0.3) is 6.08 Å². The first-order chi connectivity index (χ1) is 10.6. The van der Waals surface area contributed by atoms with Gasteiger partial charge in [0.05, 0.1) is 11.6 Å². The van der Waals surface area contributed by atoms with Crippen LogP contribution in [0.15, 0.2) is 48.5 Å². The number of ether oxygens (including phenoxy) is 1. The Balaban J connectivity index is 1.93. The number of aryl methyl sites for hydroxylation is 2. The van der Waals surface area contributed by atoms with E-state index >= 15 is 0 Å². The van der Waals surface area contributed by atoms with Gasteiger partial charge in [0.1, 0.15) is 6.61 Å². The lowest BCUT2D eigenvalue weighted by Gasteiger charge is -2.07. The molecule has 22 heavy (non-hydrogen) atoms. The second-order valence-corrected chi connectivity index (χ2v) is 5.10. The van der Waals surface area contributed by atoms with Gasteiger partial charge in [0.2, 0.25) is 0 Å². The summed E-state index contributed by atoms with van der Waals surface area (Å²) in [5, 5.41) is 8.72. The molecule has 0 aliphatic carbocycles. The van der Waals surface area contributed by atoms with Gasteiger partial charge >= 0.3 is 5.97 Å². The van der Waals surface area contributed by atoms with E-state index in [0.717, 1.165) is 22.3 Å². The molecule has 0 spiro atoms. The van der Waals surface area contributed by atoms with Gasteiger partial charge in [0, 0.05) is 6.08 Å². The van der Waals surface area contributed by atoms with E-state index in [1.807, 2.05) is 32.0 Å². The van der Waals surface area contributed by atoms with Crippen LogP contribution in [0, 0.1) is 25.2 Å².